The molecule has 2 aromatic rings. The molecular weight excluding hydrogens is 322 g/mol. The van der Waals surface area contributed by atoms with Gasteiger partial charge in [-0.15, -0.1) is 0 Å². The lowest BCUT2D eigenvalue weighted by atomic mass is 10.1. The maximum Gasteiger partial charge on any atom is 0.338 e. The van der Waals surface area contributed by atoms with Crippen LogP contribution in [0.25, 0.3) is 0 Å². The number of carbonyl (C=O) groups excluding carboxylic acids is 1. The summed E-state index contributed by atoms with van der Waals surface area (Å²) in [7, 11) is 0. The number of carbonyl (C=O) groups is 1. The van der Waals surface area contributed by atoms with Crippen LogP contribution in [0, 0.1) is 0 Å². The van der Waals surface area contributed by atoms with Crippen molar-refractivity contribution in [3.05, 3.63) is 70.2 Å². The zero-order valence-electron chi connectivity index (χ0n) is 10.5. The van der Waals surface area contributed by atoms with Gasteiger partial charge in [0.2, 0.25) is 0 Å². The maximum absolute atomic E-state index is 11.8. The van der Waals surface area contributed by atoms with Crippen molar-refractivity contribution in [1.29, 1.82) is 0 Å². The van der Waals surface area contributed by atoms with Gasteiger partial charge in [-0.25, -0.2) is 4.79 Å². The number of ether oxygens (including phenoxy) is 1. The Hall–Kier alpha value is -2.14. The normalized spacial score (nSPS) is 11.2. The molecule has 0 aliphatic heterocycles. The lowest BCUT2D eigenvalue weighted by Crippen LogP contribution is -2.15. The molecule has 0 aliphatic carbocycles. The van der Waals surface area contributed by atoms with E-state index < -0.39 is 5.97 Å². The van der Waals surface area contributed by atoms with Crippen LogP contribution in [-0.2, 0) is 4.74 Å². The predicted molar refractivity (Wildman–Crippen MR) is 79.2 cm³/mol. The molecule has 2 rings (SSSR count). The van der Waals surface area contributed by atoms with Crippen LogP contribution in [0.2, 0.25) is 0 Å². The second-order valence-electron chi connectivity index (χ2n) is 4.00. The summed E-state index contributed by atoms with van der Waals surface area (Å²) in [5.74, 6) is -0.463. The third kappa shape index (κ3) is 3.68. The first kappa shape index (κ1) is 14.3. The number of benzene rings is 2. The Kier molecular flexibility index (Phi) is 4.90. The Morgan fingerprint density at radius 1 is 1.05 bits per heavy atom. The third-order valence-electron chi connectivity index (χ3n) is 2.65. The minimum absolute atomic E-state index is 0.0879. The molecule has 0 saturated heterocycles. The summed E-state index contributed by atoms with van der Waals surface area (Å²) >= 11 is 3.29. The van der Waals surface area contributed by atoms with Crippen LogP contribution >= 0.6 is 15.9 Å². The fourth-order valence-corrected chi connectivity index (χ4v) is 1.87. The first-order valence-electron chi connectivity index (χ1n) is 5.90. The van der Waals surface area contributed by atoms with E-state index in [1.165, 1.54) is 0 Å². The minimum Gasteiger partial charge on any atom is -0.455 e. The van der Waals surface area contributed by atoms with E-state index in [1.54, 1.807) is 36.4 Å². The molecule has 4 nitrogen and oxygen atoms in total. The van der Waals surface area contributed by atoms with E-state index in [0.29, 0.717) is 16.8 Å². The van der Waals surface area contributed by atoms with Gasteiger partial charge in [0.25, 0.3) is 0 Å². The van der Waals surface area contributed by atoms with Crippen molar-refractivity contribution < 1.29 is 14.7 Å². The second-order valence-corrected chi connectivity index (χ2v) is 4.91. The molecule has 0 atom stereocenters. The number of rotatable bonds is 4. The Bertz CT molecular complexity index is 609. The smallest absolute Gasteiger partial charge is 0.338 e. The Morgan fingerprint density at radius 3 is 2.30 bits per heavy atom. The number of esters is 1. The van der Waals surface area contributed by atoms with Crippen molar-refractivity contribution >= 4 is 27.6 Å². The molecule has 0 unspecified atom stereocenters. The molecule has 102 valence electrons. The number of nitrogens with zero attached hydrogens (tertiary/aromatic N) is 1. The molecule has 0 spiro atoms. The molecule has 0 amide bonds. The molecule has 2 aromatic carbocycles. The fraction of sp³-hybridized carbons (Fsp3) is 0.0667. The molecular formula is C15H12BrNO3. The van der Waals surface area contributed by atoms with E-state index in [9.17, 15) is 4.79 Å². The van der Waals surface area contributed by atoms with E-state index in [0.717, 1.165) is 4.47 Å². The van der Waals surface area contributed by atoms with E-state index in [4.69, 9.17) is 9.94 Å². The standard InChI is InChI=1S/C15H12BrNO3/c16-13-8-6-12(7-9-13)15(18)20-10-14(17-19)11-4-2-1-3-5-11/h1-9,19H,10H2. The van der Waals surface area contributed by atoms with E-state index >= 15 is 0 Å². The van der Waals surface area contributed by atoms with E-state index in [-0.39, 0.29) is 6.61 Å². The fourth-order valence-electron chi connectivity index (χ4n) is 1.60. The summed E-state index contributed by atoms with van der Waals surface area (Å²) in [6.45, 7) is -0.0879. The van der Waals surface area contributed by atoms with Crippen molar-refractivity contribution in [3.8, 4) is 0 Å². The largest absolute Gasteiger partial charge is 0.455 e. The van der Waals surface area contributed by atoms with Crippen LogP contribution < -0.4 is 0 Å². The molecule has 0 radical (unpaired) electrons. The number of oxime groups is 1. The first-order valence-corrected chi connectivity index (χ1v) is 6.69. The van der Waals surface area contributed by atoms with Crippen molar-refractivity contribution in [1.82, 2.24) is 0 Å². The summed E-state index contributed by atoms with van der Waals surface area (Å²) < 4.78 is 6.02. The van der Waals surface area contributed by atoms with Gasteiger partial charge in [-0.05, 0) is 24.3 Å². The molecule has 0 heterocycles. The second kappa shape index (κ2) is 6.86. The summed E-state index contributed by atoms with van der Waals surface area (Å²) in [4.78, 5) is 11.8. The van der Waals surface area contributed by atoms with Gasteiger partial charge < -0.3 is 9.94 Å². The summed E-state index contributed by atoms with van der Waals surface area (Å²) in [6.07, 6.45) is 0. The highest BCUT2D eigenvalue weighted by molar-refractivity contribution is 9.10. The Labute approximate surface area is 124 Å². The molecule has 0 aromatic heterocycles. The molecule has 0 aliphatic rings. The molecule has 20 heavy (non-hydrogen) atoms. The van der Waals surface area contributed by atoms with Gasteiger partial charge in [0.05, 0.1) is 5.56 Å². The van der Waals surface area contributed by atoms with Crippen LogP contribution in [0.5, 0.6) is 0 Å². The topological polar surface area (TPSA) is 58.9 Å². The first-order chi connectivity index (χ1) is 9.70. The zero-order chi connectivity index (χ0) is 14.4. The van der Waals surface area contributed by atoms with Gasteiger partial charge in [-0.1, -0.05) is 51.4 Å². The van der Waals surface area contributed by atoms with Gasteiger partial charge in [0.1, 0.15) is 12.3 Å². The highest BCUT2D eigenvalue weighted by Crippen LogP contribution is 2.11. The average molecular weight is 334 g/mol. The third-order valence-corrected chi connectivity index (χ3v) is 3.18. The highest BCUT2D eigenvalue weighted by Gasteiger charge is 2.10. The molecule has 0 bridgehead atoms. The van der Waals surface area contributed by atoms with Crippen LogP contribution in [0.3, 0.4) is 0 Å². The summed E-state index contributed by atoms with van der Waals surface area (Å²) in [5.41, 5.74) is 1.45. The molecule has 0 saturated carbocycles. The van der Waals surface area contributed by atoms with Crippen molar-refractivity contribution in [2.75, 3.05) is 6.61 Å². The maximum atomic E-state index is 11.8. The number of hydrogen-bond donors (Lipinski definition) is 1. The Balaban J connectivity index is 2.01. The van der Waals surface area contributed by atoms with Crippen molar-refractivity contribution in [2.24, 2.45) is 5.16 Å². The predicted octanol–water partition coefficient (Wildman–Crippen LogP) is 3.48. The van der Waals surface area contributed by atoms with Crippen LogP contribution in [0.1, 0.15) is 15.9 Å². The van der Waals surface area contributed by atoms with Gasteiger partial charge in [-0.2, -0.15) is 0 Å². The SMILES string of the molecule is O=C(OCC(=NO)c1ccccc1)c1ccc(Br)cc1. The quantitative estimate of drug-likeness (QED) is 0.403. The Morgan fingerprint density at radius 2 is 1.70 bits per heavy atom. The molecule has 0 fully saturated rings. The minimum atomic E-state index is -0.463. The van der Waals surface area contributed by atoms with Crippen LogP contribution in [0.15, 0.2) is 64.2 Å². The monoisotopic (exact) mass is 333 g/mol. The van der Waals surface area contributed by atoms with Gasteiger partial charge >= 0.3 is 5.97 Å². The van der Waals surface area contributed by atoms with E-state index in [2.05, 4.69) is 21.1 Å². The van der Waals surface area contributed by atoms with Gasteiger partial charge in [0, 0.05) is 10.0 Å². The number of hydrogen-bond acceptors (Lipinski definition) is 4. The lowest BCUT2D eigenvalue weighted by Gasteiger charge is -2.06. The van der Waals surface area contributed by atoms with Crippen LogP contribution in [0.4, 0.5) is 0 Å². The van der Waals surface area contributed by atoms with Crippen molar-refractivity contribution in [2.45, 2.75) is 0 Å². The van der Waals surface area contributed by atoms with Gasteiger partial charge in [0.15, 0.2) is 0 Å². The average Bonchev–Trinajstić information content (AvgIpc) is 2.49. The summed E-state index contributed by atoms with van der Waals surface area (Å²) in [5, 5.41) is 12.2. The van der Waals surface area contributed by atoms with E-state index in [1.807, 2.05) is 18.2 Å². The lowest BCUT2D eigenvalue weighted by molar-refractivity contribution is 0.0562. The number of halogens is 1. The highest BCUT2D eigenvalue weighted by atomic mass is 79.9. The molecule has 1 N–H and O–H groups in total. The van der Waals surface area contributed by atoms with Crippen molar-refractivity contribution in [3.63, 3.8) is 0 Å². The zero-order valence-corrected chi connectivity index (χ0v) is 12.1. The summed E-state index contributed by atoms with van der Waals surface area (Å²) in [6, 6.07) is 15.9. The van der Waals surface area contributed by atoms with Gasteiger partial charge in [-0.3, -0.25) is 0 Å². The molecule has 5 heteroatoms. The van der Waals surface area contributed by atoms with Crippen LogP contribution in [-0.4, -0.2) is 23.5 Å².